The van der Waals surface area contributed by atoms with Gasteiger partial charge in [-0.3, -0.25) is 0 Å². The van der Waals surface area contributed by atoms with Crippen LogP contribution in [0.5, 0.6) is 0 Å². The number of halogens is 1. The Balaban J connectivity index is 2.09. The molecule has 3 rings (SSSR count). The SMILES string of the molecule is CCCc1[nH]c(C2(c3ccccc3)CC2)nc(=S)c1Br. The normalized spacial score (nSPS) is 16.1. The number of nitrogens with one attached hydrogen (secondary N) is 1. The third-order valence-corrected chi connectivity index (χ3v) is 5.38. The quantitative estimate of drug-likeness (QED) is 0.793. The van der Waals surface area contributed by atoms with E-state index in [-0.39, 0.29) is 5.41 Å². The number of aromatic nitrogens is 2. The van der Waals surface area contributed by atoms with Crippen molar-refractivity contribution in [2.45, 2.75) is 38.0 Å². The highest BCUT2D eigenvalue weighted by Gasteiger charge is 2.48. The molecule has 0 saturated heterocycles. The van der Waals surface area contributed by atoms with Gasteiger partial charge in [-0.15, -0.1) is 0 Å². The summed E-state index contributed by atoms with van der Waals surface area (Å²) in [5.74, 6) is 1.03. The number of rotatable bonds is 4. The van der Waals surface area contributed by atoms with Crippen molar-refractivity contribution in [2.75, 3.05) is 0 Å². The molecule has 1 aliphatic rings. The van der Waals surface area contributed by atoms with Gasteiger partial charge >= 0.3 is 0 Å². The Kier molecular flexibility index (Phi) is 3.78. The van der Waals surface area contributed by atoms with Gasteiger partial charge in [0, 0.05) is 5.69 Å². The molecule has 0 atom stereocenters. The van der Waals surface area contributed by atoms with Crippen LogP contribution in [0.15, 0.2) is 34.8 Å². The Hall–Kier alpha value is -1.00. The molecule has 2 aromatic rings. The first kappa shape index (κ1) is 14.0. The first-order valence-electron chi connectivity index (χ1n) is 7.02. The molecule has 2 nitrogen and oxygen atoms in total. The summed E-state index contributed by atoms with van der Waals surface area (Å²) < 4.78 is 1.62. The van der Waals surface area contributed by atoms with E-state index in [4.69, 9.17) is 12.2 Å². The first-order chi connectivity index (χ1) is 9.67. The van der Waals surface area contributed by atoms with Gasteiger partial charge < -0.3 is 4.98 Å². The standard InChI is InChI=1S/C16H17BrN2S/c1-2-6-12-13(17)14(20)19-15(18-12)16(9-10-16)11-7-4-3-5-8-11/h3-5,7-8H,2,6,9-10H2,1H3,(H,18,19,20). The van der Waals surface area contributed by atoms with Crippen molar-refractivity contribution >= 4 is 28.1 Å². The Bertz CT molecular complexity index is 675. The molecule has 1 fully saturated rings. The maximum atomic E-state index is 5.41. The van der Waals surface area contributed by atoms with Crippen molar-refractivity contribution in [3.8, 4) is 0 Å². The Morgan fingerprint density at radius 2 is 2.00 bits per heavy atom. The molecule has 0 unspecified atom stereocenters. The van der Waals surface area contributed by atoms with Crippen molar-refractivity contribution in [2.24, 2.45) is 0 Å². The highest BCUT2D eigenvalue weighted by molar-refractivity contribution is 9.10. The van der Waals surface area contributed by atoms with Gasteiger partial charge in [0.2, 0.25) is 0 Å². The second kappa shape index (κ2) is 5.41. The van der Waals surface area contributed by atoms with Crippen LogP contribution in [0.4, 0.5) is 0 Å². The van der Waals surface area contributed by atoms with Gasteiger partial charge in [-0.2, -0.15) is 0 Å². The number of benzene rings is 1. The summed E-state index contributed by atoms with van der Waals surface area (Å²) in [6.07, 6.45) is 4.36. The van der Waals surface area contributed by atoms with Gasteiger partial charge in [0.15, 0.2) is 0 Å². The molecule has 0 aliphatic heterocycles. The summed E-state index contributed by atoms with van der Waals surface area (Å²) in [4.78, 5) is 8.17. The lowest BCUT2D eigenvalue weighted by molar-refractivity contribution is 0.725. The second-order valence-electron chi connectivity index (χ2n) is 5.38. The van der Waals surface area contributed by atoms with Gasteiger partial charge in [-0.25, -0.2) is 4.98 Å². The molecule has 1 saturated carbocycles. The van der Waals surface area contributed by atoms with Crippen molar-refractivity contribution in [1.82, 2.24) is 9.97 Å². The molecule has 0 spiro atoms. The predicted octanol–water partition coefficient (Wildman–Crippen LogP) is 4.93. The summed E-state index contributed by atoms with van der Waals surface area (Å²) in [5, 5.41) is 0. The lowest BCUT2D eigenvalue weighted by atomic mass is 9.95. The van der Waals surface area contributed by atoms with Gasteiger partial charge in [0.25, 0.3) is 0 Å². The number of H-pyrrole nitrogens is 1. The molecule has 4 heteroatoms. The summed E-state index contributed by atoms with van der Waals surface area (Å²) in [7, 11) is 0. The van der Waals surface area contributed by atoms with Gasteiger partial charge in [-0.1, -0.05) is 55.9 Å². The molecule has 1 N–H and O–H groups in total. The number of hydrogen-bond acceptors (Lipinski definition) is 2. The summed E-state index contributed by atoms with van der Waals surface area (Å²) in [6, 6.07) is 10.6. The topological polar surface area (TPSA) is 28.7 Å². The van der Waals surface area contributed by atoms with Crippen LogP contribution in [-0.4, -0.2) is 9.97 Å². The minimum absolute atomic E-state index is 0.0536. The van der Waals surface area contributed by atoms with E-state index in [9.17, 15) is 0 Å². The van der Waals surface area contributed by atoms with Gasteiger partial charge in [0.05, 0.1) is 9.89 Å². The number of nitrogens with zero attached hydrogens (tertiary/aromatic N) is 1. The van der Waals surface area contributed by atoms with E-state index in [1.807, 2.05) is 0 Å². The Morgan fingerprint density at radius 3 is 2.60 bits per heavy atom. The van der Waals surface area contributed by atoms with Crippen molar-refractivity contribution in [1.29, 1.82) is 0 Å². The first-order valence-corrected chi connectivity index (χ1v) is 8.22. The minimum atomic E-state index is 0.0536. The maximum Gasteiger partial charge on any atom is 0.144 e. The third-order valence-electron chi connectivity index (χ3n) is 3.97. The van der Waals surface area contributed by atoms with E-state index < -0.39 is 0 Å². The van der Waals surface area contributed by atoms with Crippen molar-refractivity contribution in [3.05, 3.63) is 56.5 Å². The largest absolute Gasteiger partial charge is 0.345 e. The molecule has 0 bridgehead atoms. The molecular weight excluding hydrogens is 332 g/mol. The smallest absolute Gasteiger partial charge is 0.144 e. The maximum absolute atomic E-state index is 5.41. The number of hydrogen-bond donors (Lipinski definition) is 1. The zero-order valence-corrected chi connectivity index (χ0v) is 13.9. The van der Waals surface area contributed by atoms with E-state index in [0.29, 0.717) is 4.64 Å². The fourth-order valence-corrected chi connectivity index (χ4v) is 3.30. The highest BCUT2D eigenvalue weighted by atomic mass is 79.9. The van der Waals surface area contributed by atoms with E-state index in [0.717, 1.165) is 36.0 Å². The van der Waals surface area contributed by atoms with E-state index in [1.54, 1.807) is 0 Å². The van der Waals surface area contributed by atoms with Crippen LogP contribution in [0.1, 0.15) is 43.3 Å². The van der Waals surface area contributed by atoms with Crippen LogP contribution < -0.4 is 0 Å². The van der Waals surface area contributed by atoms with Crippen LogP contribution in [0.3, 0.4) is 0 Å². The Morgan fingerprint density at radius 1 is 1.30 bits per heavy atom. The average molecular weight is 349 g/mol. The fraction of sp³-hybridized carbons (Fsp3) is 0.375. The van der Waals surface area contributed by atoms with E-state index in [2.05, 4.69) is 63.2 Å². The number of aromatic amines is 1. The van der Waals surface area contributed by atoms with Gasteiger partial charge in [0.1, 0.15) is 10.5 Å². The lowest BCUT2D eigenvalue weighted by Crippen LogP contribution is -2.15. The molecule has 1 aromatic carbocycles. The monoisotopic (exact) mass is 348 g/mol. The Labute approximate surface area is 132 Å². The molecular formula is C16H17BrN2S. The van der Waals surface area contributed by atoms with Crippen LogP contribution in [0.25, 0.3) is 0 Å². The van der Waals surface area contributed by atoms with Crippen LogP contribution in [0, 0.1) is 4.64 Å². The minimum Gasteiger partial charge on any atom is -0.345 e. The highest BCUT2D eigenvalue weighted by Crippen LogP contribution is 2.52. The van der Waals surface area contributed by atoms with E-state index >= 15 is 0 Å². The molecule has 20 heavy (non-hydrogen) atoms. The molecule has 1 aliphatic carbocycles. The molecule has 104 valence electrons. The fourth-order valence-electron chi connectivity index (χ4n) is 2.70. The zero-order chi connectivity index (χ0) is 14.2. The summed E-state index contributed by atoms with van der Waals surface area (Å²) in [5.41, 5.74) is 2.56. The molecule has 1 aromatic heterocycles. The van der Waals surface area contributed by atoms with Crippen molar-refractivity contribution < 1.29 is 0 Å². The van der Waals surface area contributed by atoms with Gasteiger partial charge in [-0.05, 0) is 40.8 Å². The predicted molar refractivity (Wildman–Crippen MR) is 87.6 cm³/mol. The molecule has 1 heterocycles. The van der Waals surface area contributed by atoms with Crippen LogP contribution in [-0.2, 0) is 11.8 Å². The zero-order valence-electron chi connectivity index (χ0n) is 11.4. The third kappa shape index (κ3) is 2.35. The second-order valence-corrected chi connectivity index (χ2v) is 6.56. The summed E-state index contributed by atoms with van der Waals surface area (Å²) in [6.45, 7) is 2.17. The van der Waals surface area contributed by atoms with Crippen molar-refractivity contribution in [3.63, 3.8) is 0 Å². The average Bonchev–Trinajstić information content (AvgIpc) is 3.26. The molecule has 0 amide bonds. The van der Waals surface area contributed by atoms with Crippen LogP contribution in [0.2, 0.25) is 0 Å². The molecule has 0 radical (unpaired) electrons. The van der Waals surface area contributed by atoms with E-state index in [1.165, 1.54) is 11.3 Å². The lowest BCUT2D eigenvalue weighted by Gasteiger charge is -2.17. The van der Waals surface area contributed by atoms with Crippen LogP contribution >= 0.6 is 28.1 Å². The summed E-state index contributed by atoms with van der Waals surface area (Å²) >= 11 is 8.97. The number of aryl methyl sites for hydroxylation is 1.